The topological polar surface area (TPSA) is 125 Å². The zero-order valence-electron chi connectivity index (χ0n) is 19.4. The molecule has 0 saturated heterocycles. The second-order valence-corrected chi connectivity index (χ2v) is 9.51. The lowest BCUT2D eigenvalue weighted by atomic mass is 10.1. The van der Waals surface area contributed by atoms with Gasteiger partial charge in [-0.1, -0.05) is 23.7 Å². The number of fused-ring (bicyclic) bond motifs is 2. The number of benzene rings is 1. The zero-order valence-corrected chi connectivity index (χ0v) is 20.1. The van der Waals surface area contributed by atoms with E-state index in [-0.39, 0.29) is 11.8 Å². The van der Waals surface area contributed by atoms with Gasteiger partial charge in [-0.05, 0) is 48.7 Å². The molecular formula is C27H19ClN8O. The van der Waals surface area contributed by atoms with Crippen molar-refractivity contribution in [2.75, 3.05) is 5.32 Å². The van der Waals surface area contributed by atoms with Crippen LogP contribution in [0.2, 0.25) is 5.02 Å². The predicted octanol–water partition coefficient (Wildman–Crippen LogP) is 5.63. The average Bonchev–Trinajstić information content (AvgIpc) is 3.55. The molecule has 0 bridgehead atoms. The van der Waals surface area contributed by atoms with Gasteiger partial charge < -0.3 is 10.3 Å². The minimum Gasteiger partial charge on any atom is -0.324 e. The van der Waals surface area contributed by atoms with E-state index in [1.54, 1.807) is 24.8 Å². The molecule has 1 aromatic carbocycles. The largest absolute Gasteiger partial charge is 0.324 e. The molecule has 1 fully saturated rings. The molecule has 5 heterocycles. The van der Waals surface area contributed by atoms with Crippen LogP contribution < -0.4 is 5.32 Å². The number of nitrogens with zero attached hydrogens (tertiary/aromatic N) is 5. The van der Waals surface area contributed by atoms with Crippen molar-refractivity contribution in [2.24, 2.45) is 5.92 Å². The molecule has 3 N–H and O–H groups in total. The van der Waals surface area contributed by atoms with E-state index >= 15 is 0 Å². The van der Waals surface area contributed by atoms with Crippen LogP contribution in [-0.2, 0) is 4.79 Å². The van der Waals surface area contributed by atoms with Crippen molar-refractivity contribution in [3.8, 4) is 33.8 Å². The number of pyridine rings is 3. The number of carbonyl (C=O) groups excluding carboxylic acids is 1. The van der Waals surface area contributed by atoms with Crippen molar-refractivity contribution in [2.45, 2.75) is 12.8 Å². The number of carbonyl (C=O) groups is 1. The molecule has 6 aromatic rings. The fraction of sp³-hybridized carbons (Fsp3) is 0.111. The summed E-state index contributed by atoms with van der Waals surface area (Å²) in [6.45, 7) is 0. The minimum absolute atomic E-state index is 0.0419. The molecule has 0 radical (unpaired) electrons. The van der Waals surface area contributed by atoms with Crippen molar-refractivity contribution >= 4 is 45.4 Å². The molecule has 5 aromatic heterocycles. The number of amides is 1. The van der Waals surface area contributed by atoms with Crippen molar-refractivity contribution in [1.29, 1.82) is 0 Å². The molecule has 0 unspecified atom stereocenters. The van der Waals surface area contributed by atoms with E-state index in [1.807, 2.05) is 42.5 Å². The van der Waals surface area contributed by atoms with Crippen molar-refractivity contribution in [1.82, 2.24) is 35.1 Å². The van der Waals surface area contributed by atoms with E-state index in [0.29, 0.717) is 33.5 Å². The first-order valence-corrected chi connectivity index (χ1v) is 12.2. The van der Waals surface area contributed by atoms with Gasteiger partial charge in [0.2, 0.25) is 5.91 Å². The van der Waals surface area contributed by atoms with Gasteiger partial charge in [0.1, 0.15) is 11.2 Å². The Hall–Kier alpha value is -4.63. The fourth-order valence-corrected chi connectivity index (χ4v) is 4.60. The molecule has 180 valence electrons. The highest BCUT2D eigenvalue weighted by Gasteiger charge is 2.29. The maximum absolute atomic E-state index is 12.2. The van der Waals surface area contributed by atoms with E-state index in [0.717, 1.165) is 46.0 Å². The van der Waals surface area contributed by atoms with Gasteiger partial charge in [0.05, 0.1) is 17.3 Å². The van der Waals surface area contributed by atoms with Gasteiger partial charge >= 0.3 is 0 Å². The summed E-state index contributed by atoms with van der Waals surface area (Å²) in [4.78, 5) is 33.7. The van der Waals surface area contributed by atoms with Gasteiger partial charge in [0.25, 0.3) is 0 Å². The quantitative estimate of drug-likeness (QED) is 0.278. The monoisotopic (exact) mass is 506 g/mol. The number of rotatable bonds is 5. The number of H-pyrrole nitrogens is 2. The van der Waals surface area contributed by atoms with Crippen LogP contribution in [0.3, 0.4) is 0 Å². The first kappa shape index (κ1) is 21.6. The highest BCUT2D eigenvalue weighted by atomic mass is 35.5. The first-order chi connectivity index (χ1) is 18.1. The number of aromatic nitrogens is 7. The van der Waals surface area contributed by atoms with Gasteiger partial charge in [0.15, 0.2) is 17.1 Å². The number of imidazole rings is 1. The maximum Gasteiger partial charge on any atom is 0.227 e. The molecule has 1 aliphatic carbocycles. The summed E-state index contributed by atoms with van der Waals surface area (Å²) in [6, 6.07) is 13.5. The fourth-order valence-electron chi connectivity index (χ4n) is 4.41. The Morgan fingerprint density at radius 3 is 2.73 bits per heavy atom. The summed E-state index contributed by atoms with van der Waals surface area (Å²) in [6.07, 6.45) is 8.78. The number of nitrogens with one attached hydrogen (secondary N) is 3. The second-order valence-electron chi connectivity index (χ2n) is 9.07. The molecule has 37 heavy (non-hydrogen) atoms. The smallest absolute Gasteiger partial charge is 0.227 e. The molecule has 9 nitrogen and oxygen atoms in total. The Balaban J connectivity index is 1.28. The van der Waals surface area contributed by atoms with Gasteiger partial charge in [-0.25, -0.2) is 15.0 Å². The SMILES string of the molecule is O=C(Nc1cncc(-c2cnc3[nH]nc(-c4nc5c(-c6cccc(Cl)c6)ccnc5[nH]4)c3c2)c1)C1CC1. The average molecular weight is 507 g/mol. The maximum atomic E-state index is 12.2. The van der Waals surface area contributed by atoms with E-state index < -0.39 is 0 Å². The number of aromatic amines is 2. The zero-order chi connectivity index (χ0) is 24.9. The van der Waals surface area contributed by atoms with Crippen molar-refractivity contribution < 1.29 is 4.79 Å². The predicted molar refractivity (Wildman–Crippen MR) is 142 cm³/mol. The molecule has 1 aliphatic rings. The summed E-state index contributed by atoms with van der Waals surface area (Å²) in [7, 11) is 0. The number of halogens is 1. The van der Waals surface area contributed by atoms with E-state index in [2.05, 4.69) is 35.5 Å². The summed E-state index contributed by atoms with van der Waals surface area (Å²) in [5.74, 6) is 0.735. The number of hydrogen-bond donors (Lipinski definition) is 3. The normalized spacial score (nSPS) is 13.3. The lowest BCUT2D eigenvalue weighted by molar-refractivity contribution is -0.117. The van der Waals surface area contributed by atoms with Gasteiger partial charge in [-0.15, -0.1) is 0 Å². The van der Waals surface area contributed by atoms with Crippen LogP contribution in [0, 0.1) is 5.92 Å². The summed E-state index contributed by atoms with van der Waals surface area (Å²) in [5, 5.41) is 11.9. The van der Waals surface area contributed by atoms with E-state index in [4.69, 9.17) is 16.6 Å². The first-order valence-electron chi connectivity index (χ1n) is 11.8. The Morgan fingerprint density at radius 2 is 1.86 bits per heavy atom. The molecule has 1 saturated carbocycles. The van der Waals surface area contributed by atoms with Crippen molar-refractivity contribution in [3.05, 3.63) is 72.3 Å². The van der Waals surface area contributed by atoms with Crippen molar-refractivity contribution in [3.63, 3.8) is 0 Å². The van der Waals surface area contributed by atoms with E-state index in [1.165, 1.54) is 0 Å². The molecule has 0 atom stereocenters. The Labute approximate surface area is 215 Å². The van der Waals surface area contributed by atoms with Crippen LogP contribution in [0.15, 0.2) is 67.3 Å². The molecule has 1 amide bonds. The van der Waals surface area contributed by atoms with Crippen LogP contribution in [0.25, 0.3) is 56.0 Å². The third-order valence-corrected chi connectivity index (χ3v) is 6.68. The third-order valence-electron chi connectivity index (χ3n) is 6.45. The Kier molecular flexibility index (Phi) is 4.97. The van der Waals surface area contributed by atoms with Crippen LogP contribution in [0.5, 0.6) is 0 Å². The van der Waals surface area contributed by atoms with Crippen LogP contribution in [0.1, 0.15) is 12.8 Å². The standard InChI is InChI=1S/C27H19ClN8O/c28-18-3-1-2-15(8-18)20-6-7-30-25-22(20)33-26(34-25)23-21-10-17(12-31-24(21)36-35-23)16-9-19(13-29-11-16)32-27(37)14-4-5-14/h1-3,6-14H,4-5H2,(H,32,37)(H,30,33,34)(H,31,35,36). The molecular weight excluding hydrogens is 488 g/mol. The number of hydrogen-bond acceptors (Lipinski definition) is 6. The third kappa shape index (κ3) is 3.99. The summed E-state index contributed by atoms with van der Waals surface area (Å²) in [5.41, 5.74) is 6.86. The molecule has 0 spiro atoms. The van der Waals surface area contributed by atoms with Gasteiger partial charge in [-0.3, -0.25) is 14.9 Å². The van der Waals surface area contributed by atoms with Crippen LogP contribution >= 0.6 is 11.6 Å². The van der Waals surface area contributed by atoms with Gasteiger partial charge in [0, 0.05) is 46.2 Å². The van der Waals surface area contributed by atoms with Gasteiger partial charge in [-0.2, -0.15) is 5.10 Å². The molecule has 0 aliphatic heterocycles. The Morgan fingerprint density at radius 1 is 0.973 bits per heavy atom. The van der Waals surface area contributed by atoms with E-state index in [9.17, 15) is 4.79 Å². The lowest BCUT2D eigenvalue weighted by Gasteiger charge is -2.06. The minimum atomic E-state index is 0.0419. The Bertz CT molecular complexity index is 1820. The summed E-state index contributed by atoms with van der Waals surface area (Å²) < 4.78 is 0. The molecule has 10 heteroatoms. The lowest BCUT2D eigenvalue weighted by Crippen LogP contribution is -2.13. The number of anilines is 1. The van der Waals surface area contributed by atoms with Crippen LogP contribution in [-0.4, -0.2) is 41.0 Å². The molecule has 7 rings (SSSR count). The second kappa shape index (κ2) is 8.49. The highest BCUT2D eigenvalue weighted by Crippen LogP contribution is 2.33. The van der Waals surface area contributed by atoms with Crippen LogP contribution in [0.4, 0.5) is 5.69 Å². The highest BCUT2D eigenvalue weighted by molar-refractivity contribution is 6.30. The summed E-state index contributed by atoms with van der Waals surface area (Å²) >= 11 is 6.22.